The Labute approximate surface area is 107 Å². The van der Waals surface area contributed by atoms with Crippen LogP contribution in [0.3, 0.4) is 0 Å². The first-order valence-electron chi connectivity index (χ1n) is 4.71. The average Bonchev–Trinajstić information content (AvgIpc) is 2.63. The Kier molecular flexibility index (Phi) is 3.42. The third-order valence-electron chi connectivity index (χ3n) is 2.12. The number of nitrogens with zero attached hydrogens (tertiary/aromatic N) is 2. The normalized spacial score (nSPS) is 20.6. The summed E-state index contributed by atoms with van der Waals surface area (Å²) < 4.78 is 20.1. The van der Waals surface area contributed by atoms with Gasteiger partial charge in [-0.1, -0.05) is 0 Å². The Hall–Kier alpha value is -1.11. The lowest BCUT2D eigenvalue weighted by molar-refractivity contribution is 0.434. The summed E-state index contributed by atoms with van der Waals surface area (Å²) in [6, 6.07) is 6.53. The van der Waals surface area contributed by atoms with Crippen molar-refractivity contribution < 1.29 is 9.13 Å². The highest BCUT2D eigenvalue weighted by atomic mass is 127. The van der Waals surface area contributed by atoms with Crippen LogP contribution in [0.25, 0.3) is 0 Å². The SMILES string of the molecule is CN1C/C(=C\I)OC1=Nc1ccc(F)cc1. The fourth-order valence-electron chi connectivity index (χ4n) is 1.32. The molecular formula is C11H10FIN2O. The first-order valence-corrected chi connectivity index (χ1v) is 5.96. The van der Waals surface area contributed by atoms with E-state index in [0.717, 1.165) is 5.76 Å². The highest BCUT2D eigenvalue weighted by Crippen LogP contribution is 2.19. The summed E-state index contributed by atoms with van der Waals surface area (Å²) >= 11 is 2.13. The van der Waals surface area contributed by atoms with Crippen LogP contribution in [0, 0.1) is 5.82 Å². The molecule has 16 heavy (non-hydrogen) atoms. The zero-order valence-electron chi connectivity index (χ0n) is 8.65. The molecule has 0 radical (unpaired) electrons. The van der Waals surface area contributed by atoms with Crippen molar-refractivity contribution in [1.29, 1.82) is 0 Å². The van der Waals surface area contributed by atoms with Gasteiger partial charge < -0.3 is 9.64 Å². The summed E-state index contributed by atoms with van der Waals surface area (Å²) in [4.78, 5) is 6.18. The second-order valence-electron chi connectivity index (χ2n) is 3.40. The molecular weight excluding hydrogens is 322 g/mol. The molecule has 0 N–H and O–H groups in total. The number of likely N-dealkylation sites (N-methyl/N-ethyl adjacent to an activating group) is 1. The average molecular weight is 332 g/mol. The molecule has 0 unspecified atom stereocenters. The summed E-state index contributed by atoms with van der Waals surface area (Å²) in [5.74, 6) is 0.599. The molecule has 0 aromatic heterocycles. The lowest BCUT2D eigenvalue weighted by Gasteiger charge is -2.06. The van der Waals surface area contributed by atoms with Gasteiger partial charge in [-0.05, 0) is 46.9 Å². The largest absolute Gasteiger partial charge is 0.428 e. The molecule has 1 aromatic carbocycles. The molecule has 1 aliphatic heterocycles. The zero-order chi connectivity index (χ0) is 11.5. The van der Waals surface area contributed by atoms with E-state index in [1.807, 2.05) is 16.0 Å². The Morgan fingerprint density at radius 1 is 1.44 bits per heavy atom. The van der Waals surface area contributed by atoms with Crippen LogP contribution < -0.4 is 0 Å². The van der Waals surface area contributed by atoms with Crippen LogP contribution in [-0.4, -0.2) is 24.5 Å². The number of amidine groups is 1. The molecule has 1 fully saturated rings. The summed E-state index contributed by atoms with van der Waals surface area (Å²) in [6.45, 7) is 0.711. The molecule has 0 spiro atoms. The minimum absolute atomic E-state index is 0.266. The van der Waals surface area contributed by atoms with Gasteiger partial charge in [0.1, 0.15) is 11.6 Å². The number of halogens is 2. The van der Waals surface area contributed by atoms with E-state index in [2.05, 4.69) is 27.6 Å². The summed E-state index contributed by atoms with van der Waals surface area (Å²) in [7, 11) is 1.90. The number of aliphatic imine (C=N–C) groups is 1. The molecule has 1 aliphatic rings. The molecule has 0 atom stereocenters. The van der Waals surface area contributed by atoms with Crippen LogP contribution in [0.4, 0.5) is 10.1 Å². The quantitative estimate of drug-likeness (QED) is 0.739. The molecule has 5 heteroatoms. The fourth-order valence-corrected chi connectivity index (χ4v) is 1.64. The Morgan fingerprint density at radius 2 is 2.12 bits per heavy atom. The van der Waals surface area contributed by atoms with Gasteiger partial charge in [-0.25, -0.2) is 4.39 Å². The first kappa shape index (κ1) is 11.4. The number of hydrogen-bond acceptors (Lipinski definition) is 2. The zero-order valence-corrected chi connectivity index (χ0v) is 10.8. The van der Waals surface area contributed by atoms with Gasteiger partial charge in [0.25, 0.3) is 6.02 Å². The maximum atomic E-state index is 12.7. The van der Waals surface area contributed by atoms with E-state index in [1.165, 1.54) is 12.1 Å². The lowest BCUT2D eigenvalue weighted by Crippen LogP contribution is -2.19. The first-order chi connectivity index (χ1) is 7.69. The van der Waals surface area contributed by atoms with Crippen molar-refractivity contribution in [2.75, 3.05) is 13.6 Å². The van der Waals surface area contributed by atoms with Crippen LogP contribution in [0.2, 0.25) is 0 Å². The standard InChI is InChI=1S/C11H10FIN2O/c1-15-7-10(6-13)16-11(15)14-9-4-2-8(12)3-5-9/h2-6H,7H2,1H3/b10-6+,14-11?. The maximum Gasteiger partial charge on any atom is 0.298 e. The fraction of sp³-hybridized carbons (Fsp3) is 0.182. The van der Waals surface area contributed by atoms with Gasteiger partial charge in [-0.3, -0.25) is 0 Å². The predicted molar refractivity (Wildman–Crippen MR) is 69.3 cm³/mol. The van der Waals surface area contributed by atoms with Gasteiger partial charge in [0.2, 0.25) is 0 Å². The molecule has 0 amide bonds. The van der Waals surface area contributed by atoms with Crippen LogP contribution in [-0.2, 0) is 4.74 Å². The van der Waals surface area contributed by atoms with Crippen LogP contribution >= 0.6 is 22.6 Å². The number of hydrogen-bond donors (Lipinski definition) is 0. The molecule has 3 nitrogen and oxygen atoms in total. The molecule has 1 saturated heterocycles. The molecule has 1 heterocycles. The third kappa shape index (κ3) is 2.52. The van der Waals surface area contributed by atoms with Crippen molar-refractivity contribution in [3.8, 4) is 0 Å². The minimum Gasteiger partial charge on any atom is -0.428 e. The van der Waals surface area contributed by atoms with Crippen molar-refractivity contribution in [2.24, 2.45) is 4.99 Å². The van der Waals surface area contributed by atoms with Crippen molar-refractivity contribution in [1.82, 2.24) is 4.90 Å². The van der Waals surface area contributed by atoms with E-state index < -0.39 is 0 Å². The second kappa shape index (κ2) is 4.82. The number of benzene rings is 1. The number of ether oxygens (including phenoxy) is 1. The smallest absolute Gasteiger partial charge is 0.298 e. The molecule has 0 bridgehead atoms. The highest BCUT2D eigenvalue weighted by molar-refractivity contribution is 14.1. The van der Waals surface area contributed by atoms with E-state index >= 15 is 0 Å². The van der Waals surface area contributed by atoms with Crippen molar-refractivity contribution in [3.63, 3.8) is 0 Å². The number of rotatable bonds is 1. The van der Waals surface area contributed by atoms with Gasteiger partial charge >= 0.3 is 0 Å². The molecule has 1 aromatic rings. The van der Waals surface area contributed by atoms with Gasteiger partial charge in [-0.2, -0.15) is 4.99 Å². The van der Waals surface area contributed by atoms with Crippen LogP contribution in [0.5, 0.6) is 0 Å². The molecule has 84 valence electrons. The Morgan fingerprint density at radius 3 is 2.69 bits per heavy atom. The second-order valence-corrected chi connectivity index (χ2v) is 4.03. The van der Waals surface area contributed by atoms with Crippen LogP contribution in [0.1, 0.15) is 0 Å². The van der Waals surface area contributed by atoms with Crippen molar-refractivity contribution in [3.05, 3.63) is 39.9 Å². The van der Waals surface area contributed by atoms with Crippen LogP contribution in [0.15, 0.2) is 39.1 Å². The molecule has 0 aliphatic carbocycles. The van der Waals surface area contributed by atoms with E-state index in [0.29, 0.717) is 18.3 Å². The molecule has 0 saturated carbocycles. The summed E-state index contributed by atoms with van der Waals surface area (Å²) in [5.41, 5.74) is 0.679. The summed E-state index contributed by atoms with van der Waals surface area (Å²) in [5, 5.41) is 0. The topological polar surface area (TPSA) is 24.8 Å². The van der Waals surface area contributed by atoms with Crippen molar-refractivity contribution in [2.45, 2.75) is 0 Å². The third-order valence-corrected chi connectivity index (χ3v) is 2.81. The van der Waals surface area contributed by atoms with E-state index in [9.17, 15) is 4.39 Å². The lowest BCUT2D eigenvalue weighted by atomic mass is 10.3. The van der Waals surface area contributed by atoms with E-state index in [4.69, 9.17) is 4.74 Å². The molecule has 2 rings (SSSR count). The van der Waals surface area contributed by atoms with Gasteiger partial charge in [-0.15, -0.1) is 0 Å². The van der Waals surface area contributed by atoms with Gasteiger partial charge in [0, 0.05) is 11.1 Å². The van der Waals surface area contributed by atoms with E-state index in [-0.39, 0.29) is 5.82 Å². The monoisotopic (exact) mass is 332 g/mol. The Bertz CT molecular complexity index is 442. The Balaban J connectivity index is 2.21. The van der Waals surface area contributed by atoms with Gasteiger partial charge in [0.15, 0.2) is 0 Å². The van der Waals surface area contributed by atoms with Gasteiger partial charge in [0.05, 0.1) is 12.2 Å². The maximum absolute atomic E-state index is 12.7. The van der Waals surface area contributed by atoms with E-state index in [1.54, 1.807) is 12.1 Å². The highest BCUT2D eigenvalue weighted by Gasteiger charge is 2.20. The van der Waals surface area contributed by atoms with Crippen molar-refractivity contribution >= 4 is 34.3 Å². The summed E-state index contributed by atoms with van der Waals surface area (Å²) in [6.07, 6.45) is 0. The minimum atomic E-state index is -0.266. The predicted octanol–water partition coefficient (Wildman–Crippen LogP) is 3.05.